The van der Waals surface area contributed by atoms with Crippen molar-refractivity contribution in [3.05, 3.63) is 0 Å². The lowest BCUT2D eigenvalue weighted by atomic mass is 10.1. The van der Waals surface area contributed by atoms with Crippen molar-refractivity contribution in [3.8, 4) is 0 Å². The van der Waals surface area contributed by atoms with Crippen molar-refractivity contribution < 1.29 is 14.3 Å². The molecule has 2 atom stereocenters. The molecule has 1 aliphatic rings. The number of rotatable bonds is 12. The molecular weight excluding hydrogens is 268 g/mol. The lowest BCUT2D eigenvalue weighted by Crippen LogP contribution is -2.50. The van der Waals surface area contributed by atoms with Gasteiger partial charge in [0.05, 0.1) is 13.2 Å². The molecule has 0 aromatic heterocycles. The number of hydrogen-bond acceptors (Lipinski definition) is 5. The summed E-state index contributed by atoms with van der Waals surface area (Å²) < 4.78 is 10.4. The van der Waals surface area contributed by atoms with Crippen molar-refractivity contribution >= 4 is 5.97 Å². The van der Waals surface area contributed by atoms with Crippen molar-refractivity contribution in [2.45, 2.75) is 52.1 Å². The summed E-state index contributed by atoms with van der Waals surface area (Å²) >= 11 is 0. The SMILES string of the molecule is CCCNC(CN(CCOC)C(C)C1CC1)C(=O)OCC. The molecule has 0 aromatic rings. The van der Waals surface area contributed by atoms with E-state index in [0.717, 1.165) is 25.4 Å². The van der Waals surface area contributed by atoms with Crippen LogP contribution in [0.5, 0.6) is 0 Å². The first kappa shape index (κ1) is 18.4. The van der Waals surface area contributed by atoms with Crippen molar-refractivity contribution in [1.29, 1.82) is 0 Å². The molecule has 1 N–H and O–H groups in total. The van der Waals surface area contributed by atoms with E-state index < -0.39 is 0 Å². The van der Waals surface area contributed by atoms with Crippen LogP contribution in [0.15, 0.2) is 0 Å². The first-order chi connectivity index (χ1) is 10.1. The third-order valence-electron chi connectivity index (χ3n) is 4.09. The molecule has 124 valence electrons. The van der Waals surface area contributed by atoms with Crippen molar-refractivity contribution in [1.82, 2.24) is 10.2 Å². The molecule has 0 amide bonds. The van der Waals surface area contributed by atoms with E-state index in [4.69, 9.17) is 9.47 Å². The molecule has 5 heteroatoms. The minimum Gasteiger partial charge on any atom is -0.465 e. The zero-order chi connectivity index (χ0) is 15.7. The maximum atomic E-state index is 12.1. The van der Waals surface area contributed by atoms with Crippen molar-refractivity contribution in [3.63, 3.8) is 0 Å². The zero-order valence-electron chi connectivity index (χ0n) is 14.1. The summed E-state index contributed by atoms with van der Waals surface area (Å²) in [4.78, 5) is 14.5. The van der Waals surface area contributed by atoms with Crippen LogP contribution in [-0.4, -0.2) is 62.9 Å². The van der Waals surface area contributed by atoms with Gasteiger partial charge in [-0.05, 0) is 45.6 Å². The lowest BCUT2D eigenvalue weighted by molar-refractivity contribution is -0.146. The van der Waals surface area contributed by atoms with Gasteiger partial charge in [-0.1, -0.05) is 6.92 Å². The zero-order valence-corrected chi connectivity index (χ0v) is 14.1. The Kier molecular flexibility index (Phi) is 8.88. The normalized spacial score (nSPS) is 17.8. The highest BCUT2D eigenvalue weighted by Crippen LogP contribution is 2.35. The monoisotopic (exact) mass is 300 g/mol. The highest BCUT2D eigenvalue weighted by atomic mass is 16.5. The molecule has 0 heterocycles. The molecule has 0 aliphatic heterocycles. The van der Waals surface area contributed by atoms with Crippen LogP contribution < -0.4 is 5.32 Å². The van der Waals surface area contributed by atoms with Crippen LogP contribution in [0.1, 0.15) is 40.0 Å². The Morgan fingerprint density at radius 1 is 1.38 bits per heavy atom. The first-order valence-electron chi connectivity index (χ1n) is 8.27. The number of nitrogens with one attached hydrogen (secondary N) is 1. The van der Waals surface area contributed by atoms with Gasteiger partial charge in [-0.2, -0.15) is 0 Å². The second-order valence-electron chi connectivity index (χ2n) is 5.82. The van der Waals surface area contributed by atoms with Crippen LogP contribution in [-0.2, 0) is 14.3 Å². The van der Waals surface area contributed by atoms with Gasteiger partial charge in [0.15, 0.2) is 0 Å². The molecule has 0 aromatic carbocycles. The number of methoxy groups -OCH3 is 1. The summed E-state index contributed by atoms with van der Waals surface area (Å²) in [5.41, 5.74) is 0. The molecule has 0 bridgehead atoms. The van der Waals surface area contributed by atoms with E-state index in [9.17, 15) is 4.79 Å². The molecule has 0 spiro atoms. The van der Waals surface area contributed by atoms with Crippen LogP contribution >= 0.6 is 0 Å². The van der Waals surface area contributed by atoms with Gasteiger partial charge in [-0.25, -0.2) is 0 Å². The second-order valence-corrected chi connectivity index (χ2v) is 5.82. The van der Waals surface area contributed by atoms with Crippen LogP contribution in [0.2, 0.25) is 0 Å². The quantitative estimate of drug-likeness (QED) is 0.556. The smallest absolute Gasteiger partial charge is 0.324 e. The van der Waals surface area contributed by atoms with E-state index in [1.54, 1.807) is 7.11 Å². The van der Waals surface area contributed by atoms with Gasteiger partial charge < -0.3 is 14.8 Å². The third kappa shape index (κ3) is 6.76. The fourth-order valence-electron chi connectivity index (χ4n) is 2.56. The summed E-state index contributed by atoms with van der Waals surface area (Å²) in [7, 11) is 1.72. The maximum absolute atomic E-state index is 12.1. The summed E-state index contributed by atoms with van der Waals surface area (Å²) in [6.07, 6.45) is 3.61. The van der Waals surface area contributed by atoms with Gasteiger partial charge in [0.1, 0.15) is 6.04 Å². The van der Waals surface area contributed by atoms with Crippen molar-refractivity contribution in [2.75, 3.05) is 40.0 Å². The average Bonchev–Trinajstić information content (AvgIpc) is 3.30. The predicted molar refractivity (Wildman–Crippen MR) is 84.3 cm³/mol. The summed E-state index contributed by atoms with van der Waals surface area (Å²) in [5.74, 6) is 0.632. The highest BCUT2D eigenvalue weighted by Gasteiger charge is 2.34. The molecule has 1 rings (SSSR count). The van der Waals surface area contributed by atoms with Gasteiger partial charge in [-0.3, -0.25) is 9.69 Å². The Hall–Kier alpha value is -0.650. The van der Waals surface area contributed by atoms with Gasteiger partial charge in [0, 0.05) is 26.2 Å². The third-order valence-corrected chi connectivity index (χ3v) is 4.09. The number of carbonyl (C=O) groups excluding carboxylic acids is 1. The van der Waals surface area contributed by atoms with E-state index >= 15 is 0 Å². The van der Waals surface area contributed by atoms with Crippen LogP contribution in [0.3, 0.4) is 0 Å². The average molecular weight is 300 g/mol. The van der Waals surface area contributed by atoms with Gasteiger partial charge in [0.2, 0.25) is 0 Å². The minimum atomic E-state index is -0.247. The Labute approximate surface area is 129 Å². The Morgan fingerprint density at radius 2 is 2.10 bits per heavy atom. The number of nitrogens with zero attached hydrogens (tertiary/aromatic N) is 1. The Morgan fingerprint density at radius 3 is 2.62 bits per heavy atom. The van der Waals surface area contributed by atoms with Gasteiger partial charge in [0.25, 0.3) is 0 Å². The van der Waals surface area contributed by atoms with Crippen LogP contribution in [0.25, 0.3) is 0 Å². The van der Waals surface area contributed by atoms with E-state index in [-0.39, 0.29) is 12.0 Å². The molecule has 21 heavy (non-hydrogen) atoms. The number of ether oxygens (including phenoxy) is 2. The lowest BCUT2D eigenvalue weighted by Gasteiger charge is -2.32. The van der Waals surface area contributed by atoms with Gasteiger partial charge >= 0.3 is 5.97 Å². The molecule has 2 unspecified atom stereocenters. The van der Waals surface area contributed by atoms with Crippen LogP contribution in [0, 0.1) is 5.92 Å². The van der Waals surface area contributed by atoms with E-state index in [1.165, 1.54) is 12.8 Å². The Balaban J connectivity index is 2.61. The second kappa shape index (κ2) is 10.1. The van der Waals surface area contributed by atoms with E-state index in [0.29, 0.717) is 25.8 Å². The van der Waals surface area contributed by atoms with E-state index in [2.05, 4.69) is 24.1 Å². The summed E-state index contributed by atoms with van der Waals surface area (Å²) in [5, 5.41) is 3.32. The molecule has 1 fully saturated rings. The van der Waals surface area contributed by atoms with Crippen LogP contribution in [0.4, 0.5) is 0 Å². The fourth-order valence-corrected chi connectivity index (χ4v) is 2.56. The standard InChI is InChI=1S/C16H32N2O3/c1-5-9-17-15(16(19)21-6-2)12-18(10-11-20-4)13(3)14-7-8-14/h13-15,17H,5-12H2,1-4H3. The summed E-state index contributed by atoms with van der Waals surface area (Å²) in [6, 6.07) is 0.253. The largest absolute Gasteiger partial charge is 0.465 e. The molecule has 0 saturated heterocycles. The highest BCUT2D eigenvalue weighted by molar-refractivity contribution is 5.76. The predicted octanol–water partition coefficient (Wildman–Crippen LogP) is 1.66. The topological polar surface area (TPSA) is 50.8 Å². The van der Waals surface area contributed by atoms with Gasteiger partial charge in [-0.15, -0.1) is 0 Å². The summed E-state index contributed by atoms with van der Waals surface area (Å²) in [6.45, 7) is 9.72. The number of hydrogen-bond donors (Lipinski definition) is 1. The molecule has 1 aliphatic carbocycles. The van der Waals surface area contributed by atoms with E-state index in [1.807, 2.05) is 6.92 Å². The molecule has 5 nitrogen and oxygen atoms in total. The molecule has 1 saturated carbocycles. The minimum absolute atomic E-state index is 0.142. The number of carbonyl (C=O) groups is 1. The first-order valence-corrected chi connectivity index (χ1v) is 8.27. The Bertz CT molecular complexity index is 295. The maximum Gasteiger partial charge on any atom is 0.324 e. The van der Waals surface area contributed by atoms with Crippen molar-refractivity contribution in [2.24, 2.45) is 5.92 Å². The molecule has 0 radical (unpaired) electrons. The molecular formula is C16H32N2O3. The fraction of sp³-hybridized carbons (Fsp3) is 0.938. The number of esters is 1.